The molecule has 0 aromatic carbocycles. The van der Waals surface area contributed by atoms with Crippen molar-refractivity contribution < 1.29 is 0 Å². The first-order valence-electron chi connectivity index (χ1n) is 7.36. The van der Waals surface area contributed by atoms with Crippen molar-refractivity contribution in [3.63, 3.8) is 0 Å². The van der Waals surface area contributed by atoms with Crippen molar-refractivity contribution in [2.45, 2.75) is 57.5 Å². The first-order valence-corrected chi connectivity index (χ1v) is 7.36. The van der Waals surface area contributed by atoms with Crippen molar-refractivity contribution in [3.8, 4) is 0 Å². The Balaban J connectivity index is 1.99. The van der Waals surface area contributed by atoms with Crippen LogP contribution in [0.3, 0.4) is 0 Å². The molecular weight excluding hydrogens is 236 g/mol. The quantitative estimate of drug-likeness (QED) is 0.921. The van der Waals surface area contributed by atoms with Gasteiger partial charge in [-0.3, -0.25) is 0 Å². The molecule has 4 heteroatoms. The summed E-state index contributed by atoms with van der Waals surface area (Å²) in [6.45, 7) is 3.21. The lowest BCUT2D eigenvalue weighted by molar-refractivity contribution is 0.376. The molecule has 0 amide bonds. The van der Waals surface area contributed by atoms with E-state index in [0.29, 0.717) is 12.0 Å². The molecule has 0 unspecified atom stereocenters. The van der Waals surface area contributed by atoms with Crippen molar-refractivity contribution in [3.05, 3.63) is 24.2 Å². The number of hydrogen-bond acceptors (Lipinski definition) is 3. The molecule has 2 heterocycles. The topological polar surface area (TPSA) is 56.7 Å². The van der Waals surface area contributed by atoms with E-state index in [0.717, 1.165) is 49.8 Å². The second-order valence-corrected chi connectivity index (χ2v) is 5.58. The number of pyridine rings is 1. The molecule has 2 aromatic rings. The predicted molar refractivity (Wildman–Crippen MR) is 77.0 cm³/mol. The van der Waals surface area contributed by atoms with Gasteiger partial charge in [0, 0.05) is 24.7 Å². The first-order chi connectivity index (χ1) is 9.29. The Morgan fingerprint density at radius 3 is 2.84 bits per heavy atom. The van der Waals surface area contributed by atoms with Crippen LogP contribution in [0.25, 0.3) is 11.2 Å². The smallest absolute Gasteiger partial charge is 0.159 e. The van der Waals surface area contributed by atoms with Gasteiger partial charge in [-0.1, -0.05) is 6.92 Å². The number of imidazole rings is 1. The molecule has 1 saturated carbocycles. The number of nitrogens with two attached hydrogens (primary N) is 1. The SMILES string of the molecule is CCCn1c(C2CCC(N)CC2)nc2cccnc21. The maximum atomic E-state index is 6.01. The molecule has 1 fully saturated rings. The highest BCUT2D eigenvalue weighted by molar-refractivity contribution is 5.71. The van der Waals surface area contributed by atoms with E-state index in [-0.39, 0.29) is 0 Å². The standard InChI is InChI=1S/C15H22N4/c1-2-10-19-14(11-5-7-12(16)8-6-11)18-13-4-3-9-17-15(13)19/h3-4,9,11-12H,2,5-8,10,16H2,1H3. The van der Waals surface area contributed by atoms with Crippen LogP contribution >= 0.6 is 0 Å². The summed E-state index contributed by atoms with van der Waals surface area (Å²) in [5.74, 6) is 1.78. The van der Waals surface area contributed by atoms with E-state index in [1.54, 1.807) is 0 Å². The Labute approximate surface area is 114 Å². The Kier molecular flexibility index (Phi) is 3.51. The van der Waals surface area contributed by atoms with Crippen LogP contribution in [-0.2, 0) is 6.54 Å². The summed E-state index contributed by atoms with van der Waals surface area (Å²) < 4.78 is 2.32. The minimum absolute atomic E-state index is 0.387. The lowest BCUT2D eigenvalue weighted by atomic mass is 9.86. The summed E-state index contributed by atoms with van der Waals surface area (Å²) in [6, 6.07) is 4.41. The number of fused-ring (bicyclic) bond motifs is 1. The van der Waals surface area contributed by atoms with E-state index < -0.39 is 0 Å². The van der Waals surface area contributed by atoms with Gasteiger partial charge in [0.1, 0.15) is 11.3 Å². The van der Waals surface area contributed by atoms with Crippen molar-refractivity contribution in [1.82, 2.24) is 14.5 Å². The van der Waals surface area contributed by atoms with Gasteiger partial charge in [-0.2, -0.15) is 0 Å². The maximum Gasteiger partial charge on any atom is 0.159 e. The highest BCUT2D eigenvalue weighted by Gasteiger charge is 2.25. The third kappa shape index (κ3) is 2.37. The van der Waals surface area contributed by atoms with Crippen LogP contribution in [0.1, 0.15) is 50.8 Å². The van der Waals surface area contributed by atoms with Gasteiger partial charge in [0.05, 0.1) is 0 Å². The van der Waals surface area contributed by atoms with Gasteiger partial charge in [-0.05, 0) is 44.2 Å². The highest BCUT2D eigenvalue weighted by Crippen LogP contribution is 2.33. The van der Waals surface area contributed by atoms with Crippen molar-refractivity contribution >= 4 is 11.2 Å². The van der Waals surface area contributed by atoms with E-state index in [2.05, 4.69) is 22.5 Å². The fraction of sp³-hybridized carbons (Fsp3) is 0.600. The van der Waals surface area contributed by atoms with Gasteiger partial charge in [0.15, 0.2) is 5.65 Å². The minimum Gasteiger partial charge on any atom is -0.328 e. The highest BCUT2D eigenvalue weighted by atomic mass is 15.1. The lowest BCUT2D eigenvalue weighted by Crippen LogP contribution is -2.26. The van der Waals surface area contributed by atoms with Gasteiger partial charge in [-0.15, -0.1) is 0 Å². The Hall–Kier alpha value is -1.42. The second-order valence-electron chi connectivity index (χ2n) is 5.58. The third-order valence-corrected chi connectivity index (χ3v) is 4.12. The molecule has 0 atom stereocenters. The molecule has 0 spiro atoms. The average molecular weight is 258 g/mol. The molecule has 0 aliphatic heterocycles. The van der Waals surface area contributed by atoms with Gasteiger partial charge < -0.3 is 10.3 Å². The van der Waals surface area contributed by atoms with Crippen LogP contribution in [0.5, 0.6) is 0 Å². The molecule has 1 aliphatic carbocycles. The third-order valence-electron chi connectivity index (χ3n) is 4.12. The molecule has 2 N–H and O–H groups in total. The van der Waals surface area contributed by atoms with Gasteiger partial charge in [0.2, 0.25) is 0 Å². The summed E-state index contributed by atoms with van der Waals surface area (Å²) in [4.78, 5) is 9.35. The van der Waals surface area contributed by atoms with Crippen LogP contribution in [0, 0.1) is 0 Å². The minimum atomic E-state index is 0.387. The zero-order valence-electron chi connectivity index (χ0n) is 11.5. The van der Waals surface area contributed by atoms with Crippen LogP contribution in [0.4, 0.5) is 0 Å². The molecule has 4 nitrogen and oxygen atoms in total. The van der Waals surface area contributed by atoms with Crippen LogP contribution < -0.4 is 5.73 Å². The zero-order valence-corrected chi connectivity index (χ0v) is 11.5. The second kappa shape index (κ2) is 5.29. The Morgan fingerprint density at radius 2 is 2.11 bits per heavy atom. The average Bonchev–Trinajstić information content (AvgIpc) is 2.79. The van der Waals surface area contributed by atoms with Gasteiger partial charge >= 0.3 is 0 Å². The number of aryl methyl sites for hydroxylation is 1. The summed E-state index contributed by atoms with van der Waals surface area (Å²) >= 11 is 0. The Bertz CT molecular complexity index is 552. The summed E-state index contributed by atoms with van der Waals surface area (Å²) in [5.41, 5.74) is 8.07. The molecule has 3 rings (SSSR count). The summed E-state index contributed by atoms with van der Waals surface area (Å²) in [7, 11) is 0. The van der Waals surface area contributed by atoms with Crippen LogP contribution in [0.2, 0.25) is 0 Å². The Morgan fingerprint density at radius 1 is 1.32 bits per heavy atom. The summed E-state index contributed by atoms with van der Waals surface area (Å²) in [6.07, 6.45) is 7.53. The largest absolute Gasteiger partial charge is 0.328 e. The molecule has 19 heavy (non-hydrogen) atoms. The molecule has 1 aliphatic rings. The predicted octanol–water partition coefficient (Wildman–Crippen LogP) is 2.83. The van der Waals surface area contributed by atoms with Gasteiger partial charge in [0.25, 0.3) is 0 Å². The molecule has 102 valence electrons. The fourth-order valence-electron chi connectivity index (χ4n) is 3.11. The lowest BCUT2D eigenvalue weighted by Gasteiger charge is -2.26. The molecule has 0 bridgehead atoms. The van der Waals surface area contributed by atoms with Crippen molar-refractivity contribution in [1.29, 1.82) is 0 Å². The van der Waals surface area contributed by atoms with E-state index in [1.165, 1.54) is 5.82 Å². The maximum absolute atomic E-state index is 6.01. The van der Waals surface area contributed by atoms with E-state index in [9.17, 15) is 0 Å². The number of hydrogen-bond donors (Lipinski definition) is 1. The number of nitrogens with zero attached hydrogens (tertiary/aromatic N) is 3. The fourth-order valence-corrected chi connectivity index (χ4v) is 3.11. The number of aromatic nitrogens is 3. The zero-order chi connectivity index (χ0) is 13.2. The summed E-state index contributed by atoms with van der Waals surface area (Å²) in [5, 5.41) is 0. The molecule has 2 aromatic heterocycles. The molecule has 0 saturated heterocycles. The molecular formula is C15H22N4. The van der Waals surface area contributed by atoms with E-state index >= 15 is 0 Å². The number of rotatable bonds is 3. The van der Waals surface area contributed by atoms with E-state index in [1.807, 2.05) is 12.3 Å². The van der Waals surface area contributed by atoms with E-state index in [4.69, 9.17) is 10.7 Å². The molecule has 0 radical (unpaired) electrons. The van der Waals surface area contributed by atoms with Gasteiger partial charge in [-0.25, -0.2) is 9.97 Å². The normalized spacial score (nSPS) is 23.9. The van der Waals surface area contributed by atoms with Crippen LogP contribution in [-0.4, -0.2) is 20.6 Å². The monoisotopic (exact) mass is 258 g/mol. The first kappa shape index (κ1) is 12.6. The van der Waals surface area contributed by atoms with Crippen molar-refractivity contribution in [2.75, 3.05) is 0 Å². The van der Waals surface area contributed by atoms with Crippen LogP contribution in [0.15, 0.2) is 18.3 Å². The van der Waals surface area contributed by atoms with Crippen molar-refractivity contribution in [2.24, 2.45) is 5.73 Å².